The van der Waals surface area contributed by atoms with E-state index < -0.39 is 5.82 Å². The normalized spacial score (nSPS) is 14.6. The van der Waals surface area contributed by atoms with Crippen molar-refractivity contribution in [3.8, 4) is 11.3 Å². The third-order valence-electron chi connectivity index (χ3n) is 5.45. The summed E-state index contributed by atoms with van der Waals surface area (Å²) in [5, 5.41) is 2.55. The van der Waals surface area contributed by atoms with E-state index in [1.807, 2.05) is 24.3 Å². The molecule has 1 aliphatic rings. The Kier molecular flexibility index (Phi) is 4.43. The van der Waals surface area contributed by atoms with Crippen molar-refractivity contribution in [3.05, 3.63) is 53.6 Å². The topological polar surface area (TPSA) is 67.9 Å². The van der Waals surface area contributed by atoms with Crippen molar-refractivity contribution in [3.63, 3.8) is 0 Å². The zero-order valence-electron chi connectivity index (χ0n) is 15.7. The molecule has 0 unspecified atom stereocenters. The second-order valence-electron chi connectivity index (χ2n) is 7.31. The highest BCUT2D eigenvalue weighted by molar-refractivity contribution is 6.34. The van der Waals surface area contributed by atoms with Crippen molar-refractivity contribution >= 4 is 44.9 Å². The van der Waals surface area contributed by atoms with Crippen molar-refractivity contribution in [2.24, 2.45) is 0 Å². The van der Waals surface area contributed by atoms with Gasteiger partial charge in [-0.3, -0.25) is 0 Å². The molecule has 7 heteroatoms. The summed E-state index contributed by atoms with van der Waals surface area (Å²) in [5.74, 6) is 0.537. The molecule has 0 aliphatic carbocycles. The number of aromatic nitrogens is 3. The molecule has 3 heterocycles. The van der Waals surface area contributed by atoms with E-state index in [1.54, 1.807) is 12.1 Å². The SMILES string of the molecule is Nc1cc2ccccc2c(-c2c(Cl)cc3c(N4CCCCC4)ncnc3c2F)n1. The molecule has 146 valence electrons. The Bertz CT molecular complexity index is 1240. The van der Waals surface area contributed by atoms with E-state index in [0.717, 1.165) is 42.5 Å². The van der Waals surface area contributed by atoms with Gasteiger partial charge in [0.1, 0.15) is 23.5 Å². The number of hydrogen-bond acceptors (Lipinski definition) is 5. The maximum absolute atomic E-state index is 15.7. The van der Waals surface area contributed by atoms with Gasteiger partial charge in [-0.25, -0.2) is 19.3 Å². The van der Waals surface area contributed by atoms with Gasteiger partial charge < -0.3 is 10.6 Å². The standard InChI is InChI=1S/C22H19ClFN5/c23-16-11-15-21(26-12-27-22(15)29-8-4-1-5-9-29)19(24)18(16)20-14-7-3-2-6-13(14)10-17(25)28-20/h2-3,6-7,10-12H,1,4-5,8-9H2,(H2,25,28). The Labute approximate surface area is 172 Å². The lowest BCUT2D eigenvalue weighted by Crippen LogP contribution is -2.30. The van der Waals surface area contributed by atoms with Crippen LogP contribution in [0.1, 0.15) is 19.3 Å². The van der Waals surface area contributed by atoms with Crippen LogP contribution in [-0.2, 0) is 0 Å². The first-order chi connectivity index (χ1) is 14.1. The Morgan fingerprint density at radius 3 is 2.62 bits per heavy atom. The average Bonchev–Trinajstić information content (AvgIpc) is 2.74. The van der Waals surface area contributed by atoms with Crippen LogP contribution in [0.15, 0.2) is 42.7 Å². The van der Waals surface area contributed by atoms with Crippen LogP contribution in [0.5, 0.6) is 0 Å². The molecule has 5 nitrogen and oxygen atoms in total. The molecule has 0 atom stereocenters. The molecule has 4 aromatic rings. The Hall–Kier alpha value is -2.99. The van der Waals surface area contributed by atoms with Gasteiger partial charge in [0.2, 0.25) is 0 Å². The highest BCUT2D eigenvalue weighted by Gasteiger charge is 2.23. The molecule has 1 saturated heterocycles. The van der Waals surface area contributed by atoms with Crippen molar-refractivity contribution in [1.29, 1.82) is 0 Å². The second-order valence-corrected chi connectivity index (χ2v) is 7.71. The molecule has 1 aliphatic heterocycles. The Balaban J connectivity index is 1.77. The summed E-state index contributed by atoms with van der Waals surface area (Å²) in [6.45, 7) is 1.79. The summed E-state index contributed by atoms with van der Waals surface area (Å²) >= 11 is 6.61. The van der Waals surface area contributed by atoms with Crippen LogP contribution >= 0.6 is 11.6 Å². The fraction of sp³-hybridized carbons (Fsp3) is 0.227. The van der Waals surface area contributed by atoms with Gasteiger partial charge in [0.05, 0.1) is 16.3 Å². The predicted octanol–water partition coefficient (Wildman–Crippen LogP) is 5.21. The third kappa shape index (κ3) is 3.04. The molecule has 5 rings (SSSR count). The quantitative estimate of drug-likeness (QED) is 0.494. The van der Waals surface area contributed by atoms with E-state index in [9.17, 15) is 0 Å². The summed E-state index contributed by atoms with van der Waals surface area (Å²) in [6.07, 6.45) is 4.81. The number of anilines is 2. The van der Waals surface area contributed by atoms with Crippen LogP contribution in [0.4, 0.5) is 16.0 Å². The third-order valence-corrected chi connectivity index (χ3v) is 5.75. The van der Waals surface area contributed by atoms with Gasteiger partial charge in [-0.15, -0.1) is 0 Å². The van der Waals surface area contributed by atoms with Crippen LogP contribution in [0, 0.1) is 5.82 Å². The fourth-order valence-corrected chi connectivity index (χ4v) is 4.38. The van der Waals surface area contributed by atoms with E-state index in [-0.39, 0.29) is 16.1 Å². The molecule has 2 aromatic heterocycles. The number of hydrogen-bond donors (Lipinski definition) is 1. The van der Waals surface area contributed by atoms with Crippen molar-refractivity contribution in [2.75, 3.05) is 23.7 Å². The Morgan fingerprint density at radius 2 is 1.79 bits per heavy atom. The number of rotatable bonds is 2. The van der Waals surface area contributed by atoms with Gasteiger partial charge >= 0.3 is 0 Å². The molecule has 0 radical (unpaired) electrons. The molecule has 2 N–H and O–H groups in total. The molecule has 0 saturated carbocycles. The van der Waals surface area contributed by atoms with Gasteiger partial charge in [0.25, 0.3) is 0 Å². The molecular weight excluding hydrogens is 389 g/mol. The van der Waals surface area contributed by atoms with Gasteiger partial charge in [0, 0.05) is 23.9 Å². The molecule has 29 heavy (non-hydrogen) atoms. The van der Waals surface area contributed by atoms with Gasteiger partial charge in [-0.2, -0.15) is 0 Å². The highest BCUT2D eigenvalue weighted by atomic mass is 35.5. The summed E-state index contributed by atoms with van der Waals surface area (Å²) in [6, 6.07) is 11.1. The van der Waals surface area contributed by atoms with E-state index >= 15 is 4.39 Å². The van der Waals surface area contributed by atoms with Gasteiger partial charge in [0.15, 0.2) is 5.82 Å². The first-order valence-corrected chi connectivity index (χ1v) is 10.0. The van der Waals surface area contributed by atoms with Crippen LogP contribution in [-0.4, -0.2) is 28.0 Å². The van der Waals surface area contributed by atoms with E-state index in [1.165, 1.54) is 12.7 Å². The number of nitrogens with two attached hydrogens (primary N) is 1. The van der Waals surface area contributed by atoms with E-state index in [0.29, 0.717) is 16.9 Å². The summed E-state index contributed by atoms with van der Waals surface area (Å²) in [7, 11) is 0. The van der Waals surface area contributed by atoms with Crippen LogP contribution < -0.4 is 10.6 Å². The second kappa shape index (κ2) is 7.12. The van der Waals surface area contributed by atoms with Gasteiger partial charge in [-0.05, 0) is 36.8 Å². The zero-order valence-corrected chi connectivity index (χ0v) is 16.5. The summed E-state index contributed by atoms with van der Waals surface area (Å²) in [4.78, 5) is 15.3. The van der Waals surface area contributed by atoms with Crippen LogP contribution in [0.3, 0.4) is 0 Å². The average molecular weight is 408 g/mol. The number of fused-ring (bicyclic) bond motifs is 2. The lowest BCUT2D eigenvalue weighted by Gasteiger charge is -2.28. The lowest BCUT2D eigenvalue weighted by molar-refractivity contribution is 0.574. The Morgan fingerprint density at radius 1 is 1.00 bits per heavy atom. The number of nitrogen functional groups attached to an aromatic ring is 1. The summed E-state index contributed by atoms with van der Waals surface area (Å²) in [5.41, 5.74) is 6.86. The smallest absolute Gasteiger partial charge is 0.160 e. The maximum atomic E-state index is 15.7. The fourth-order valence-electron chi connectivity index (χ4n) is 4.10. The number of halogens is 2. The van der Waals surface area contributed by atoms with Crippen molar-refractivity contribution < 1.29 is 4.39 Å². The number of benzene rings is 2. The van der Waals surface area contributed by atoms with Crippen molar-refractivity contribution in [2.45, 2.75) is 19.3 Å². The van der Waals surface area contributed by atoms with Crippen molar-refractivity contribution in [1.82, 2.24) is 15.0 Å². The monoisotopic (exact) mass is 407 g/mol. The first kappa shape index (κ1) is 18.1. The summed E-state index contributed by atoms with van der Waals surface area (Å²) < 4.78 is 15.7. The minimum Gasteiger partial charge on any atom is -0.384 e. The minimum atomic E-state index is -0.503. The number of piperidine rings is 1. The molecule has 1 fully saturated rings. The largest absolute Gasteiger partial charge is 0.384 e. The highest BCUT2D eigenvalue weighted by Crippen LogP contribution is 2.40. The molecule has 2 aromatic carbocycles. The van der Waals surface area contributed by atoms with Gasteiger partial charge in [-0.1, -0.05) is 35.9 Å². The predicted molar refractivity (Wildman–Crippen MR) is 116 cm³/mol. The van der Waals surface area contributed by atoms with Crippen LogP contribution in [0.2, 0.25) is 5.02 Å². The first-order valence-electron chi connectivity index (χ1n) is 9.67. The maximum Gasteiger partial charge on any atom is 0.160 e. The number of pyridine rings is 1. The van der Waals surface area contributed by atoms with E-state index in [2.05, 4.69) is 19.9 Å². The van der Waals surface area contributed by atoms with E-state index in [4.69, 9.17) is 17.3 Å². The number of nitrogens with zero attached hydrogens (tertiary/aromatic N) is 4. The lowest BCUT2D eigenvalue weighted by atomic mass is 10.0. The molecule has 0 bridgehead atoms. The zero-order chi connectivity index (χ0) is 20.0. The molecule has 0 spiro atoms. The minimum absolute atomic E-state index is 0.214. The van der Waals surface area contributed by atoms with Crippen LogP contribution in [0.25, 0.3) is 32.9 Å². The molecular formula is C22H19ClFN5. The molecule has 0 amide bonds.